The molecule has 0 saturated carbocycles. The summed E-state index contributed by atoms with van der Waals surface area (Å²) in [6.07, 6.45) is 7.33. The van der Waals surface area contributed by atoms with Crippen LogP contribution in [-0.4, -0.2) is 34.3 Å². The number of benzene rings is 1. The number of aromatic nitrogens is 4. The Bertz CT molecular complexity index is 994. The molecule has 4 rings (SSSR count). The second kappa shape index (κ2) is 5.89. The molecule has 1 unspecified atom stereocenters. The van der Waals surface area contributed by atoms with Crippen molar-refractivity contribution in [3.63, 3.8) is 0 Å². The van der Waals surface area contributed by atoms with Gasteiger partial charge >= 0.3 is 0 Å². The van der Waals surface area contributed by atoms with Crippen LogP contribution < -0.4 is 4.31 Å². The molecule has 1 aromatic carbocycles. The van der Waals surface area contributed by atoms with Crippen molar-refractivity contribution in [3.05, 3.63) is 59.8 Å². The van der Waals surface area contributed by atoms with E-state index in [-0.39, 0.29) is 16.1 Å². The lowest BCUT2D eigenvalue weighted by Gasteiger charge is -2.35. The van der Waals surface area contributed by atoms with Gasteiger partial charge in [0.05, 0.1) is 35.8 Å². The normalized spacial score (nSPS) is 17.5. The van der Waals surface area contributed by atoms with Crippen LogP contribution in [0.15, 0.2) is 54.2 Å². The summed E-state index contributed by atoms with van der Waals surface area (Å²) in [7, 11) is -2.28. The van der Waals surface area contributed by atoms with Crippen LogP contribution in [0.3, 0.4) is 0 Å². The molecule has 7 nitrogen and oxygen atoms in total. The molecule has 1 aliphatic rings. The van der Waals surface area contributed by atoms with E-state index in [0.717, 1.165) is 12.0 Å². The quantitative estimate of drug-likeness (QED) is 0.701. The van der Waals surface area contributed by atoms with Gasteiger partial charge in [-0.1, -0.05) is 29.8 Å². The van der Waals surface area contributed by atoms with E-state index in [1.807, 2.05) is 35.0 Å². The third-order valence-electron chi connectivity index (χ3n) is 4.42. The Morgan fingerprint density at radius 1 is 1.28 bits per heavy atom. The predicted molar refractivity (Wildman–Crippen MR) is 94.2 cm³/mol. The topological polar surface area (TPSA) is 73.0 Å². The van der Waals surface area contributed by atoms with Crippen LogP contribution in [-0.2, 0) is 23.5 Å². The van der Waals surface area contributed by atoms with E-state index in [1.165, 1.54) is 15.2 Å². The molecule has 2 aromatic heterocycles. The molecule has 0 amide bonds. The summed E-state index contributed by atoms with van der Waals surface area (Å²) in [4.78, 5) is 4.08. The highest BCUT2D eigenvalue weighted by molar-refractivity contribution is 7.92. The maximum Gasteiger partial charge on any atom is 0.283 e. The van der Waals surface area contributed by atoms with Gasteiger partial charge in [0.1, 0.15) is 0 Å². The summed E-state index contributed by atoms with van der Waals surface area (Å²) in [5, 5.41) is 4.08. The number of anilines is 1. The first-order chi connectivity index (χ1) is 12.0. The molecule has 0 N–H and O–H groups in total. The maximum atomic E-state index is 13.3. The number of fused-ring (bicyclic) bond motifs is 1. The van der Waals surface area contributed by atoms with Crippen LogP contribution in [0.2, 0.25) is 5.02 Å². The standard InChI is InChI=1S/C16H16ClN5O2S/c1-20-16(14(17)9-19-20)25(23,24)22-10-13(21-7-6-18-11-21)8-12-4-2-3-5-15(12)22/h2-7,9,11,13H,8,10H2,1H3. The minimum absolute atomic E-state index is 0.00440. The van der Waals surface area contributed by atoms with Crippen LogP contribution in [0.25, 0.3) is 0 Å². The number of nitrogens with zero attached hydrogens (tertiary/aromatic N) is 5. The third-order valence-corrected chi connectivity index (χ3v) is 6.70. The predicted octanol–water partition coefficient (Wildman–Crippen LogP) is 2.26. The minimum Gasteiger partial charge on any atom is -0.332 e. The van der Waals surface area contributed by atoms with E-state index in [4.69, 9.17) is 11.6 Å². The summed E-state index contributed by atoms with van der Waals surface area (Å²) in [6.45, 7) is 0.303. The number of aryl methyl sites for hydroxylation is 1. The Morgan fingerprint density at radius 3 is 2.76 bits per heavy atom. The third kappa shape index (κ3) is 2.61. The molecule has 0 bridgehead atoms. The van der Waals surface area contributed by atoms with Gasteiger partial charge in [-0.3, -0.25) is 8.99 Å². The van der Waals surface area contributed by atoms with Crippen molar-refractivity contribution in [1.29, 1.82) is 0 Å². The SMILES string of the molecule is Cn1ncc(Cl)c1S(=O)(=O)N1CC(n2ccnc2)Cc2ccccc21. The largest absolute Gasteiger partial charge is 0.332 e. The lowest BCUT2D eigenvalue weighted by molar-refractivity contribution is 0.485. The molecule has 0 spiro atoms. The maximum absolute atomic E-state index is 13.3. The molecule has 0 aliphatic carbocycles. The van der Waals surface area contributed by atoms with Gasteiger partial charge in [0.25, 0.3) is 10.0 Å². The van der Waals surface area contributed by atoms with Crippen molar-refractivity contribution in [2.24, 2.45) is 7.05 Å². The highest BCUT2D eigenvalue weighted by atomic mass is 35.5. The van der Waals surface area contributed by atoms with E-state index in [0.29, 0.717) is 12.2 Å². The van der Waals surface area contributed by atoms with Crippen molar-refractivity contribution >= 4 is 27.3 Å². The molecular formula is C16H16ClN5O2S. The minimum atomic E-state index is -3.85. The Labute approximate surface area is 150 Å². The molecule has 3 heterocycles. The number of hydrogen-bond acceptors (Lipinski definition) is 4. The number of imidazole rings is 1. The van der Waals surface area contributed by atoms with Crippen LogP contribution in [0, 0.1) is 0 Å². The summed E-state index contributed by atoms with van der Waals surface area (Å²) in [5.41, 5.74) is 1.64. The van der Waals surface area contributed by atoms with Gasteiger partial charge in [-0.05, 0) is 18.1 Å². The lowest BCUT2D eigenvalue weighted by Crippen LogP contribution is -2.41. The van der Waals surface area contributed by atoms with E-state index in [9.17, 15) is 8.42 Å². The van der Waals surface area contributed by atoms with Gasteiger partial charge in [0.15, 0.2) is 5.03 Å². The Hall–Kier alpha value is -2.32. The summed E-state index contributed by atoms with van der Waals surface area (Å²) in [5.74, 6) is 0. The average Bonchev–Trinajstić information content (AvgIpc) is 3.24. The molecule has 3 aromatic rings. The zero-order valence-electron chi connectivity index (χ0n) is 13.4. The van der Waals surface area contributed by atoms with E-state index >= 15 is 0 Å². The summed E-state index contributed by atoms with van der Waals surface area (Å²) < 4.78 is 31.3. The van der Waals surface area contributed by atoms with Crippen molar-refractivity contribution in [2.75, 3.05) is 10.8 Å². The Morgan fingerprint density at radius 2 is 2.08 bits per heavy atom. The fraction of sp³-hybridized carbons (Fsp3) is 0.250. The van der Waals surface area contributed by atoms with Gasteiger partial charge in [0, 0.05) is 19.4 Å². The molecular weight excluding hydrogens is 362 g/mol. The molecule has 1 aliphatic heterocycles. The zero-order chi connectivity index (χ0) is 17.6. The molecule has 0 radical (unpaired) electrons. The highest BCUT2D eigenvalue weighted by Gasteiger charge is 2.36. The van der Waals surface area contributed by atoms with Crippen LogP contribution in [0.4, 0.5) is 5.69 Å². The molecule has 1 atom stereocenters. The number of sulfonamides is 1. The second-order valence-electron chi connectivity index (χ2n) is 5.95. The summed E-state index contributed by atoms with van der Waals surface area (Å²) >= 11 is 6.11. The lowest BCUT2D eigenvalue weighted by atomic mass is 10.00. The highest BCUT2D eigenvalue weighted by Crippen LogP contribution is 2.36. The summed E-state index contributed by atoms with van der Waals surface area (Å²) in [6, 6.07) is 7.48. The zero-order valence-corrected chi connectivity index (χ0v) is 15.0. The molecule has 130 valence electrons. The van der Waals surface area contributed by atoms with Crippen molar-refractivity contribution in [2.45, 2.75) is 17.5 Å². The van der Waals surface area contributed by atoms with Crippen molar-refractivity contribution in [1.82, 2.24) is 19.3 Å². The fourth-order valence-electron chi connectivity index (χ4n) is 3.24. The van der Waals surface area contributed by atoms with Crippen molar-refractivity contribution < 1.29 is 8.42 Å². The van der Waals surface area contributed by atoms with E-state index < -0.39 is 10.0 Å². The van der Waals surface area contributed by atoms with E-state index in [2.05, 4.69) is 10.1 Å². The number of para-hydroxylation sites is 1. The van der Waals surface area contributed by atoms with Gasteiger partial charge < -0.3 is 4.57 Å². The number of rotatable bonds is 3. The van der Waals surface area contributed by atoms with Gasteiger partial charge in [-0.25, -0.2) is 4.98 Å². The van der Waals surface area contributed by atoms with Crippen LogP contribution >= 0.6 is 11.6 Å². The number of halogens is 1. The van der Waals surface area contributed by atoms with Crippen molar-refractivity contribution in [3.8, 4) is 0 Å². The van der Waals surface area contributed by atoms with E-state index in [1.54, 1.807) is 19.6 Å². The average molecular weight is 378 g/mol. The first-order valence-electron chi connectivity index (χ1n) is 7.74. The van der Waals surface area contributed by atoms with Crippen LogP contribution in [0.1, 0.15) is 11.6 Å². The molecule has 25 heavy (non-hydrogen) atoms. The number of hydrogen-bond donors (Lipinski definition) is 0. The molecule has 0 saturated heterocycles. The molecule has 9 heteroatoms. The second-order valence-corrected chi connectivity index (χ2v) is 8.14. The van der Waals surface area contributed by atoms with Gasteiger partial charge in [0.2, 0.25) is 0 Å². The Kier molecular flexibility index (Phi) is 3.81. The van der Waals surface area contributed by atoms with Gasteiger partial charge in [-0.2, -0.15) is 13.5 Å². The Balaban J connectivity index is 1.85. The van der Waals surface area contributed by atoms with Crippen LogP contribution in [0.5, 0.6) is 0 Å². The smallest absolute Gasteiger partial charge is 0.283 e. The molecule has 0 fully saturated rings. The fourth-order valence-corrected chi connectivity index (χ4v) is 5.39. The first-order valence-corrected chi connectivity index (χ1v) is 9.56. The monoisotopic (exact) mass is 377 g/mol. The van der Waals surface area contributed by atoms with Gasteiger partial charge in [-0.15, -0.1) is 0 Å². The first kappa shape index (κ1) is 16.2.